The van der Waals surface area contributed by atoms with Gasteiger partial charge >= 0.3 is 0 Å². The summed E-state index contributed by atoms with van der Waals surface area (Å²) in [5.41, 5.74) is 1.22. The lowest BCUT2D eigenvalue weighted by atomic mass is 10.1. The van der Waals surface area contributed by atoms with Gasteiger partial charge in [-0.25, -0.2) is 8.42 Å². The van der Waals surface area contributed by atoms with E-state index in [0.717, 1.165) is 13.4 Å². The van der Waals surface area contributed by atoms with Gasteiger partial charge in [0, 0.05) is 16.7 Å². The van der Waals surface area contributed by atoms with E-state index >= 15 is 0 Å². The highest BCUT2D eigenvalue weighted by molar-refractivity contribution is 14.1. The molecule has 1 atom stereocenters. The van der Waals surface area contributed by atoms with Crippen molar-refractivity contribution in [3.05, 3.63) is 94.1 Å². The molecule has 0 bridgehead atoms. The van der Waals surface area contributed by atoms with Gasteiger partial charge < -0.3 is 10.2 Å². The molecule has 3 rings (SSSR count). The third-order valence-corrected chi connectivity index (χ3v) is 8.16. The van der Waals surface area contributed by atoms with E-state index in [0.29, 0.717) is 18.7 Å². The lowest BCUT2D eigenvalue weighted by molar-refractivity contribution is -0.140. The number of carbonyl (C=O) groups is 2. The number of hydrogen-bond donors (Lipinski definition) is 1. The third-order valence-electron chi connectivity index (χ3n) is 5.66. The molecule has 7 nitrogen and oxygen atoms in total. The molecule has 0 aromatic heterocycles. The Balaban J connectivity index is 2.03. The van der Waals surface area contributed by atoms with E-state index in [2.05, 4.69) is 27.9 Å². The minimum Gasteiger partial charge on any atom is -0.355 e. The van der Waals surface area contributed by atoms with Gasteiger partial charge in [-0.15, -0.1) is 0 Å². The molecule has 0 spiro atoms. The molecule has 190 valence electrons. The summed E-state index contributed by atoms with van der Waals surface area (Å²) in [5, 5.41) is 2.80. The first-order valence-corrected chi connectivity index (χ1v) is 14.2. The minimum atomic E-state index is -4.05. The number of nitrogens with zero attached hydrogens (tertiary/aromatic N) is 2. The van der Waals surface area contributed by atoms with Crippen LogP contribution in [0, 0.1) is 3.57 Å². The lowest BCUT2D eigenvalue weighted by Crippen LogP contribution is -2.52. The van der Waals surface area contributed by atoms with Crippen LogP contribution in [0.25, 0.3) is 0 Å². The molecule has 0 unspecified atom stereocenters. The van der Waals surface area contributed by atoms with Crippen LogP contribution in [-0.4, -0.2) is 44.3 Å². The van der Waals surface area contributed by atoms with Crippen LogP contribution in [-0.2, 0) is 26.2 Å². The van der Waals surface area contributed by atoms with Crippen LogP contribution in [0.1, 0.15) is 25.8 Å². The Labute approximate surface area is 226 Å². The number of halogens is 1. The van der Waals surface area contributed by atoms with Gasteiger partial charge in [0.2, 0.25) is 11.8 Å². The number of amides is 2. The molecule has 9 heteroatoms. The highest BCUT2D eigenvalue weighted by Gasteiger charge is 2.33. The Kier molecular flexibility index (Phi) is 9.89. The van der Waals surface area contributed by atoms with Gasteiger partial charge in [0.15, 0.2) is 0 Å². The van der Waals surface area contributed by atoms with Crippen molar-refractivity contribution in [1.29, 1.82) is 0 Å². The monoisotopic (exact) mass is 619 g/mol. The number of sulfonamides is 1. The van der Waals surface area contributed by atoms with Crippen LogP contribution in [0.2, 0.25) is 0 Å². The number of benzene rings is 3. The van der Waals surface area contributed by atoms with Crippen LogP contribution in [0.4, 0.5) is 5.69 Å². The standard InChI is InChI=1S/C27H30IN3O4S/c1-3-25(27(33)29-4-2)30(19-21-11-7-5-8-12-21)26(32)20-31(23-17-15-22(28)16-18-23)36(34,35)24-13-9-6-10-14-24/h5-18,25H,3-4,19-20H2,1-2H3,(H,29,33)/t25-/m0/s1. The van der Waals surface area contributed by atoms with Crippen molar-refractivity contribution < 1.29 is 18.0 Å². The highest BCUT2D eigenvalue weighted by atomic mass is 127. The lowest BCUT2D eigenvalue weighted by Gasteiger charge is -2.33. The second-order valence-electron chi connectivity index (χ2n) is 8.13. The summed E-state index contributed by atoms with van der Waals surface area (Å²) in [6.45, 7) is 3.82. The molecule has 0 aliphatic heterocycles. The Bertz CT molecular complexity index is 1250. The Hall–Kier alpha value is -2.92. The SMILES string of the molecule is CCNC(=O)[C@H](CC)N(Cc1ccccc1)C(=O)CN(c1ccc(I)cc1)S(=O)(=O)c1ccccc1. The van der Waals surface area contributed by atoms with Gasteiger partial charge in [-0.3, -0.25) is 13.9 Å². The quantitative estimate of drug-likeness (QED) is 0.322. The van der Waals surface area contributed by atoms with Gasteiger partial charge in [-0.1, -0.05) is 55.5 Å². The zero-order valence-electron chi connectivity index (χ0n) is 20.3. The second-order valence-corrected chi connectivity index (χ2v) is 11.2. The van der Waals surface area contributed by atoms with Crippen molar-refractivity contribution in [2.75, 3.05) is 17.4 Å². The van der Waals surface area contributed by atoms with Gasteiger partial charge in [0.05, 0.1) is 10.6 Å². The minimum absolute atomic E-state index is 0.0849. The topological polar surface area (TPSA) is 86.8 Å². The maximum Gasteiger partial charge on any atom is 0.264 e. The van der Waals surface area contributed by atoms with Gasteiger partial charge in [0.1, 0.15) is 12.6 Å². The first-order chi connectivity index (χ1) is 17.3. The average Bonchev–Trinajstić information content (AvgIpc) is 2.89. The second kappa shape index (κ2) is 12.9. The molecule has 0 heterocycles. The summed E-state index contributed by atoms with van der Waals surface area (Å²) in [7, 11) is -4.05. The van der Waals surface area contributed by atoms with Gasteiger partial charge in [0.25, 0.3) is 10.0 Å². The zero-order chi connectivity index (χ0) is 26.1. The maximum absolute atomic E-state index is 13.8. The molecule has 0 saturated heterocycles. The summed E-state index contributed by atoms with van der Waals surface area (Å²) in [5.74, 6) is -0.731. The molecule has 3 aromatic carbocycles. The summed E-state index contributed by atoms with van der Waals surface area (Å²) < 4.78 is 29.4. The number of rotatable bonds is 11. The van der Waals surface area contributed by atoms with Crippen molar-refractivity contribution in [2.24, 2.45) is 0 Å². The molecule has 0 aliphatic carbocycles. The van der Waals surface area contributed by atoms with Crippen molar-refractivity contribution in [1.82, 2.24) is 10.2 Å². The van der Waals surface area contributed by atoms with Crippen molar-refractivity contribution in [2.45, 2.75) is 37.8 Å². The highest BCUT2D eigenvalue weighted by Crippen LogP contribution is 2.25. The smallest absolute Gasteiger partial charge is 0.264 e. The fourth-order valence-corrected chi connectivity index (χ4v) is 5.64. The number of likely N-dealkylation sites (N-methyl/N-ethyl adjacent to an activating group) is 1. The Morgan fingerprint density at radius 2 is 1.47 bits per heavy atom. The van der Waals surface area contributed by atoms with Crippen molar-refractivity contribution >= 4 is 50.1 Å². The normalized spacial score (nSPS) is 12.0. The van der Waals surface area contributed by atoms with E-state index < -0.39 is 28.5 Å². The molecular weight excluding hydrogens is 589 g/mol. The molecule has 36 heavy (non-hydrogen) atoms. The number of carbonyl (C=O) groups excluding carboxylic acids is 2. The first-order valence-electron chi connectivity index (χ1n) is 11.7. The van der Waals surface area contributed by atoms with E-state index in [-0.39, 0.29) is 17.3 Å². The average molecular weight is 620 g/mol. The van der Waals surface area contributed by atoms with Crippen LogP contribution < -0.4 is 9.62 Å². The van der Waals surface area contributed by atoms with Gasteiger partial charge in [-0.2, -0.15) is 0 Å². The zero-order valence-corrected chi connectivity index (χ0v) is 23.3. The molecule has 0 aliphatic rings. The summed E-state index contributed by atoms with van der Waals surface area (Å²) in [4.78, 5) is 28.3. The fraction of sp³-hybridized carbons (Fsp3) is 0.259. The van der Waals surface area contributed by atoms with E-state index in [1.165, 1.54) is 17.0 Å². The van der Waals surface area contributed by atoms with E-state index in [1.807, 2.05) is 44.2 Å². The van der Waals surface area contributed by atoms with Crippen molar-refractivity contribution in [3.63, 3.8) is 0 Å². The van der Waals surface area contributed by atoms with Crippen LogP contribution in [0.15, 0.2) is 89.8 Å². The number of hydrogen-bond acceptors (Lipinski definition) is 4. The molecule has 3 aromatic rings. The Morgan fingerprint density at radius 1 is 0.889 bits per heavy atom. The predicted octanol–water partition coefficient (Wildman–Crippen LogP) is 4.43. The first kappa shape index (κ1) is 27.7. The largest absolute Gasteiger partial charge is 0.355 e. The van der Waals surface area contributed by atoms with Crippen LogP contribution in [0.3, 0.4) is 0 Å². The predicted molar refractivity (Wildman–Crippen MR) is 150 cm³/mol. The molecule has 2 amide bonds. The fourth-order valence-electron chi connectivity index (χ4n) is 3.85. The molecular formula is C27H30IN3O4S. The Morgan fingerprint density at radius 3 is 2.03 bits per heavy atom. The number of nitrogens with one attached hydrogen (secondary N) is 1. The number of anilines is 1. The summed E-state index contributed by atoms with van der Waals surface area (Å²) >= 11 is 2.14. The summed E-state index contributed by atoms with van der Waals surface area (Å²) in [6.07, 6.45) is 0.388. The van der Waals surface area contributed by atoms with Crippen LogP contribution in [0.5, 0.6) is 0 Å². The molecule has 0 saturated carbocycles. The molecule has 1 N–H and O–H groups in total. The van der Waals surface area contributed by atoms with E-state index in [9.17, 15) is 18.0 Å². The summed E-state index contributed by atoms with van der Waals surface area (Å²) in [6, 6.07) is 23.6. The maximum atomic E-state index is 13.8. The van der Waals surface area contributed by atoms with Crippen molar-refractivity contribution in [3.8, 4) is 0 Å². The van der Waals surface area contributed by atoms with E-state index in [4.69, 9.17) is 0 Å². The van der Waals surface area contributed by atoms with E-state index in [1.54, 1.807) is 42.5 Å². The molecule has 0 radical (unpaired) electrons. The third kappa shape index (κ3) is 6.85. The van der Waals surface area contributed by atoms with Crippen LogP contribution >= 0.6 is 22.6 Å². The molecule has 0 fully saturated rings. The van der Waals surface area contributed by atoms with Gasteiger partial charge in [-0.05, 0) is 77.9 Å².